The molecule has 0 aromatic heterocycles. The van der Waals surface area contributed by atoms with Gasteiger partial charge in [0.25, 0.3) is 0 Å². The second-order valence-electron chi connectivity index (χ2n) is 4.67. The van der Waals surface area contributed by atoms with Gasteiger partial charge < -0.3 is 5.73 Å². The Balaban J connectivity index is 2.07. The Bertz CT molecular complexity index is 359. The Morgan fingerprint density at radius 2 is 1.75 bits per heavy atom. The van der Waals surface area contributed by atoms with Gasteiger partial charge in [-0.1, -0.05) is 49.1 Å². The first-order valence-electron chi connectivity index (χ1n) is 6.16. The van der Waals surface area contributed by atoms with Gasteiger partial charge in [-0.3, -0.25) is 4.99 Å². The lowest BCUT2D eigenvalue weighted by molar-refractivity contribution is 0.443. The number of hydrogen-bond acceptors (Lipinski definition) is 1. The van der Waals surface area contributed by atoms with Gasteiger partial charge in [0.15, 0.2) is 0 Å². The summed E-state index contributed by atoms with van der Waals surface area (Å²) < 4.78 is 0. The van der Waals surface area contributed by atoms with Gasteiger partial charge in [-0.15, -0.1) is 0 Å². The topological polar surface area (TPSA) is 38.4 Å². The molecule has 0 atom stereocenters. The second-order valence-corrected chi connectivity index (χ2v) is 4.67. The molecule has 1 aromatic rings. The zero-order chi connectivity index (χ0) is 11.4. The zero-order valence-electron chi connectivity index (χ0n) is 9.95. The van der Waals surface area contributed by atoms with Crippen molar-refractivity contribution in [1.29, 1.82) is 0 Å². The van der Waals surface area contributed by atoms with Crippen molar-refractivity contribution in [2.75, 3.05) is 0 Å². The van der Waals surface area contributed by atoms with Crippen molar-refractivity contribution in [1.82, 2.24) is 0 Å². The Labute approximate surface area is 97.6 Å². The van der Waals surface area contributed by atoms with E-state index in [2.05, 4.69) is 36.2 Å². The lowest BCUT2D eigenvalue weighted by Gasteiger charge is -2.18. The van der Waals surface area contributed by atoms with E-state index in [0.717, 1.165) is 5.56 Å². The molecule has 0 radical (unpaired) electrons. The molecule has 2 heteroatoms. The lowest BCUT2D eigenvalue weighted by atomic mass is 9.96. The third-order valence-electron chi connectivity index (χ3n) is 3.24. The third kappa shape index (κ3) is 2.84. The number of benzene rings is 1. The number of aliphatic imine (C=N–C) groups is 1. The van der Waals surface area contributed by atoms with Crippen LogP contribution in [0.15, 0.2) is 29.3 Å². The maximum Gasteiger partial charge on any atom is 0.125 e. The highest BCUT2D eigenvalue weighted by atomic mass is 14.9. The van der Waals surface area contributed by atoms with E-state index in [-0.39, 0.29) is 0 Å². The Hall–Kier alpha value is -1.31. The van der Waals surface area contributed by atoms with Gasteiger partial charge >= 0.3 is 0 Å². The molecule has 0 heterocycles. The second kappa shape index (κ2) is 5.15. The van der Waals surface area contributed by atoms with Crippen molar-refractivity contribution in [2.24, 2.45) is 10.7 Å². The summed E-state index contributed by atoms with van der Waals surface area (Å²) in [5.41, 5.74) is 8.34. The molecule has 2 N–H and O–H groups in total. The van der Waals surface area contributed by atoms with E-state index < -0.39 is 0 Å². The fraction of sp³-hybridized carbons (Fsp3) is 0.500. The average Bonchev–Trinajstić information content (AvgIpc) is 2.31. The van der Waals surface area contributed by atoms with Crippen molar-refractivity contribution in [3.8, 4) is 0 Å². The highest BCUT2D eigenvalue weighted by Crippen LogP contribution is 2.20. The molecule has 1 aromatic carbocycles. The molecular weight excluding hydrogens is 196 g/mol. The van der Waals surface area contributed by atoms with Crippen LogP contribution in [-0.4, -0.2) is 11.9 Å². The summed E-state index contributed by atoms with van der Waals surface area (Å²) in [6.45, 7) is 2.08. The van der Waals surface area contributed by atoms with Crippen molar-refractivity contribution in [2.45, 2.75) is 45.1 Å². The van der Waals surface area contributed by atoms with E-state index in [4.69, 9.17) is 5.73 Å². The fourth-order valence-electron chi connectivity index (χ4n) is 2.21. The summed E-state index contributed by atoms with van der Waals surface area (Å²) in [5.74, 6) is 0.701. The van der Waals surface area contributed by atoms with E-state index in [1.165, 1.54) is 37.7 Å². The van der Waals surface area contributed by atoms with E-state index in [9.17, 15) is 0 Å². The molecule has 86 valence electrons. The highest BCUT2D eigenvalue weighted by Gasteiger charge is 2.12. The molecule has 1 saturated carbocycles. The quantitative estimate of drug-likeness (QED) is 0.599. The molecule has 1 aliphatic rings. The molecule has 16 heavy (non-hydrogen) atoms. The van der Waals surface area contributed by atoms with Crippen molar-refractivity contribution in [3.05, 3.63) is 35.4 Å². The first kappa shape index (κ1) is 11.2. The SMILES string of the molecule is Cc1ccc(C(N)=NC2CCCCC2)cc1. The van der Waals surface area contributed by atoms with Crippen LogP contribution in [0.25, 0.3) is 0 Å². The number of hydrogen-bond donors (Lipinski definition) is 1. The summed E-state index contributed by atoms with van der Waals surface area (Å²) in [6.07, 6.45) is 6.36. The van der Waals surface area contributed by atoms with Gasteiger partial charge in [0, 0.05) is 5.56 Å². The number of amidine groups is 1. The van der Waals surface area contributed by atoms with Gasteiger partial charge in [0.1, 0.15) is 5.84 Å². The number of nitrogens with zero attached hydrogens (tertiary/aromatic N) is 1. The van der Waals surface area contributed by atoms with E-state index in [1.807, 2.05) is 0 Å². The van der Waals surface area contributed by atoms with Gasteiger partial charge in [-0.2, -0.15) is 0 Å². The van der Waals surface area contributed by atoms with E-state index in [1.54, 1.807) is 0 Å². The molecule has 1 fully saturated rings. The first-order valence-corrected chi connectivity index (χ1v) is 6.16. The third-order valence-corrected chi connectivity index (χ3v) is 3.24. The molecule has 2 rings (SSSR count). The Morgan fingerprint density at radius 3 is 2.38 bits per heavy atom. The van der Waals surface area contributed by atoms with Gasteiger partial charge in [0.05, 0.1) is 6.04 Å². The molecule has 0 bridgehead atoms. The predicted octanol–water partition coefficient (Wildman–Crippen LogP) is 3.03. The van der Waals surface area contributed by atoms with Crippen molar-refractivity contribution in [3.63, 3.8) is 0 Å². The van der Waals surface area contributed by atoms with Crippen LogP contribution in [0, 0.1) is 6.92 Å². The standard InChI is InChI=1S/C14H20N2/c1-11-7-9-12(10-8-11)14(15)16-13-5-3-2-4-6-13/h7-10,13H,2-6H2,1H3,(H2,15,16). The van der Waals surface area contributed by atoms with E-state index >= 15 is 0 Å². The minimum atomic E-state index is 0.454. The summed E-state index contributed by atoms with van der Waals surface area (Å²) in [7, 11) is 0. The monoisotopic (exact) mass is 216 g/mol. The Kier molecular flexibility index (Phi) is 3.60. The van der Waals surface area contributed by atoms with Crippen LogP contribution >= 0.6 is 0 Å². The van der Waals surface area contributed by atoms with E-state index in [0.29, 0.717) is 11.9 Å². The normalized spacial score (nSPS) is 18.7. The van der Waals surface area contributed by atoms with Gasteiger partial charge in [0.2, 0.25) is 0 Å². The van der Waals surface area contributed by atoms with Crippen LogP contribution in [0.2, 0.25) is 0 Å². The predicted molar refractivity (Wildman–Crippen MR) is 68.8 cm³/mol. The number of rotatable bonds is 2. The zero-order valence-corrected chi connectivity index (χ0v) is 9.95. The van der Waals surface area contributed by atoms with Crippen LogP contribution < -0.4 is 5.73 Å². The lowest BCUT2D eigenvalue weighted by Crippen LogP contribution is -2.19. The minimum Gasteiger partial charge on any atom is -0.383 e. The number of nitrogens with two attached hydrogens (primary N) is 1. The van der Waals surface area contributed by atoms with Crippen LogP contribution in [-0.2, 0) is 0 Å². The number of aryl methyl sites for hydroxylation is 1. The molecule has 0 aliphatic heterocycles. The van der Waals surface area contributed by atoms with Crippen LogP contribution in [0.4, 0.5) is 0 Å². The molecule has 0 unspecified atom stereocenters. The molecule has 0 spiro atoms. The van der Waals surface area contributed by atoms with Gasteiger partial charge in [-0.25, -0.2) is 0 Å². The Morgan fingerprint density at radius 1 is 1.12 bits per heavy atom. The van der Waals surface area contributed by atoms with Crippen LogP contribution in [0.3, 0.4) is 0 Å². The highest BCUT2D eigenvalue weighted by molar-refractivity contribution is 5.97. The maximum absolute atomic E-state index is 6.03. The molecule has 0 amide bonds. The fourth-order valence-corrected chi connectivity index (χ4v) is 2.21. The molecule has 1 aliphatic carbocycles. The van der Waals surface area contributed by atoms with Crippen LogP contribution in [0.1, 0.15) is 43.2 Å². The largest absolute Gasteiger partial charge is 0.383 e. The first-order chi connectivity index (χ1) is 7.75. The van der Waals surface area contributed by atoms with Crippen molar-refractivity contribution >= 4 is 5.84 Å². The smallest absolute Gasteiger partial charge is 0.125 e. The van der Waals surface area contributed by atoms with Crippen LogP contribution in [0.5, 0.6) is 0 Å². The van der Waals surface area contributed by atoms with Gasteiger partial charge in [-0.05, 0) is 19.8 Å². The minimum absolute atomic E-state index is 0.454. The molecular formula is C14H20N2. The average molecular weight is 216 g/mol. The molecule has 2 nitrogen and oxygen atoms in total. The maximum atomic E-state index is 6.03. The summed E-state index contributed by atoms with van der Waals surface area (Å²) in [4.78, 5) is 4.63. The van der Waals surface area contributed by atoms with Crippen molar-refractivity contribution < 1.29 is 0 Å². The molecule has 0 saturated heterocycles. The summed E-state index contributed by atoms with van der Waals surface area (Å²) in [6, 6.07) is 8.72. The summed E-state index contributed by atoms with van der Waals surface area (Å²) >= 11 is 0. The summed E-state index contributed by atoms with van der Waals surface area (Å²) in [5, 5.41) is 0.